The molecule has 0 radical (unpaired) electrons. The van der Waals surface area contributed by atoms with Gasteiger partial charge in [-0.05, 0) is 22.6 Å². The molecule has 50 valence electrons. The number of aromatic nitrogens is 2. The molecule has 0 saturated carbocycles. The Bertz CT molecular complexity index is 209. The lowest BCUT2D eigenvalue weighted by Gasteiger charge is -1.89. The number of rotatable bonds is 1. The van der Waals surface area contributed by atoms with E-state index in [9.17, 15) is 0 Å². The number of ether oxygens (including phenoxy) is 1. The summed E-state index contributed by atoms with van der Waals surface area (Å²) in [5.74, 6) is 0.693. The highest BCUT2D eigenvalue weighted by Crippen LogP contribution is 2.15. The summed E-state index contributed by atoms with van der Waals surface area (Å²) >= 11 is 2.17. The van der Waals surface area contributed by atoms with Gasteiger partial charge in [0.05, 0.1) is 10.7 Å². The fraction of sp³-hybridized carbons (Fsp3) is 0.400. The van der Waals surface area contributed by atoms with Crippen LogP contribution in [0.5, 0.6) is 5.88 Å². The van der Waals surface area contributed by atoms with Gasteiger partial charge in [0.25, 0.3) is 0 Å². The van der Waals surface area contributed by atoms with E-state index in [1.165, 1.54) is 0 Å². The third-order valence-corrected chi connectivity index (χ3v) is 1.69. The molecule has 0 saturated heterocycles. The Morgan fingerprint density at radius 1 is 1.78 bits per heavy atom. The molecule has 0 unspecified atom stereocenters. The maximum atomic E-state index is 4.93. The molecule has 1 aromatic heterocycles. The van der Waals surface area contributed by atoms with Gasteiger partial charge in [-0.1, -0.05) is 0 Å². The maximum absolute atomic E-state index is 4.93. The summed E-state index contributed by atoms with van der Waals surface area (Å²) in [4.78, 5) is 0. The van der Waals surface area contributed by atoms with Gasteiger partial charge in [0, 0.05) is 13.2 Å². The number of aryl methyl sites for hydroxylation is 1. The van der Waals surface area contributed by atoms with Gasteiger partial charge in [-0.2, -0.15) is 0 Å². The Morgan fingerprint density at radius 2 is 2.44 bits per heavy atom. The number of methoxy groups -OCH3 is 1. The van der Waals surface area contributed by atoms with Crippen LogP contribution in [0, 0.1) is 3.57 Å². The highest BCUT2D eigenvalue weighted by Gasteiger charge is 2.01. The topological polar surface area (TPSA) is 27.1 Å². The van der Waals surface area contributed by atoms with E-state index in [0.29, 0.717) is 5.88 Å². The van der Waals surface area contributed by atoms with E-state index in [-0.39, 0.29) is 0 Å². The first kappa shape index (κ1) is 6.85. The molecule has 0 aliphatic rings. The molecule has 0 aromatic carbocycles. The lowest BCUT2D eigenvalue weighted by atomic mass is 10.7. The normalized spacial score (nSPS) is 9.67. The SMILES string of the molecule is COc1nn(C)cc1I. The summed E-state index contributed by atoms with van der Waals surface area (Å²) in [5.41, 5.74) is 0. The standard InChI is InChI=1S/C5H7IN2O/c1-8-3-4(6)5(7-8)9-2/h3H,1-2H3. The molecule has 0 aliphatic carbocycles. The molecule has 4 heteroatoms. The fourth-order valence-corrected chi connectivity index (χ4v) is 1.31. The smallest absolute Gasteiger partial charge is 0.246 e. The molecular weight excluding hydrogens is 231 g/mol. The molecule has 0 amide bonds. The minimum atomic E-state index is 0.693. The first-order chi connectivity index (χ1) is 4.24. The lowest BCUT2D eigenvalue weighted by Crippen LogP contribution is -1.88. The number of halogens is 1. The van der Waals surface area contributed by atoms with E-state index in [2.05, 4.69) is 27.7 Å². The van der Waals surface area contributed by atoms with Crippen molar-refractivity contribution in [3.8, 4) is 5.88 Å². The second-order valence-corrected chi connectivity index (χ2v) is 2.82. The van der Waals surface area contributed by atoms with Gasteiger partial charge >= 0.3 is 0 Å². The maximum Gasteiger partial charge on any atom is 0.246 e. The molecule has 0 atom stereocenters. The van der Waals surface area contributed by atoms with Crippen LogP contribution in [0.2, 0.25) is 0 Å². The van der Waals surface area contributed by atoms with Crippen molar-refractivity contribution < 1.29 is 4.74 Å². The van der Waals surface area contributed by atoms with Gasteiger partial charge in [0.15, 0.2) is 0 Å². The minimum absolute atomic E-state index is 0.693. The Hall–Kier alpha value is -0.260. The molecule has 9 heavy (non-hydrogen) atoms. The molecule has 0 spiro atoms. The Morgan fingerprint density at radius 3 is 2.67 bits per heavy atom. The van der Waals surface area contributed by atoms with Crippen LogP contribution in [0.1, 0.15) is 0 Å². The van der Waals surface area contributed by atoms with Gasteiger partial charge in [-0.25, -0.2) is 0 Å². The highest BCUT2D eigenvalue weighted by molar-refractivity contribution is 14.1. The molecule has 0 N–H and O–H groups in total. The van der Waals surface area contributed by atoms with Crippen LogP contribution in [0.25, 0.3) is 0 Å². The monoisotopic (exact) mass is 238 g/mol. The predicted molar refractivity (Wildman–Crippen MR) is 42.5 cm³/mol. The largest absolute Gasteiger partial charge is 0.479 e. The summed E-state index contributed by atoms with van der Waals surface area (Å²) in [7, 11) is 3.48. The average Bonchev–Trinajstić information content (AvgIpc) is 2.10. The van der Waals surface area contributed by atoms with Gasteiger partial charge < -0.3 is 4.74 Å². The zero-order chi connectivity index (χ0) is 6.85. The van der Waals surface area contributed by atoms with Gasteiger partial charge in [0.2, 0.25) is 5.88 Å². The molecule has 1 rings (SSSR count). The van der Waals surface area contributed by atoms with E-state index >= 15 is 0 Å². The van der Waals surface area contributed by atoms with Crippen LogP contribution < -0.4 is 4.74 Å². The third-order valence-electron chi connectivity index (χ3n) is 0.946. The number of hydrogen-bond donors (Lipinski definition) is 0. The first-order valence-electron chi connectivity index (χ1n) is 2.47. The molecule has 0 fully saturated rings. The summed E-state index contributed by atoms with van der Waals surface area (Å²) in [6, 6.07) is 0. The molecule has 3 nitrogen and oxygen atoms in total. The lowest BCUT2D eigenvalue weighted by molar-refractivity contribution is 0.389. The number of nitrogens with zero attached hydrogens (tertiary/aromatic N) is 2. The zero-order valence-electron chi connectivity index (χ0n) is 5.26. The summed E-state index contributed by atoms with van der Waals surface area (Å²) in [5, 5.41) is 4.02. The molecule has 1 aromatic rings. The Balaban J connectivity index is 3.01. The molecular formula is C5H7IN2O. The fourth-order valence-electron chi connectivity index (χ4n) is 0.577. The summed E-state index contributed by atoms with van der Waals surface area (Å²) in [6.45, 7) is 0. The average molecular weight is 238 g/mol. The van der Waals surface area contributed by atoms with Crippen LogP contribution in [0.4, 0.5) is 0 Å². The Kier molecular flexibility index (Phi) is 1.94. The van der Waals surface area contributed by atoms with Crippen molar-refractivity contribution in [3.63, 3.8) is 0 Å². The van der Waals surface area contributed by atoms with Gasteiger partial charge in [0.1, 0.15) is 0 Å². The Labute approximate surface area is 67.1 Å². The van der Waals surface area contributed by atoms with Crippen molar-refractivity contribution in [2.24, 2.45) is 7.05 Å². The van der Waals surface area contributed by atoms with Crippen LogP contribution in [-0.2, 0) is 7.05 Å². The quantitative estimate of drug-likeness (QED) is 0.683. The van der Waals surface area contributed by atoms with Crippen molar-refractivity contribution in [1.29, 1.82) is 0 Å². The summed E-state index contributed by atoms with van der Waals surface area (Å²) < 4.78 is 7.69. The van der Waals surface area contributed by atoms with Gasteiger partial charge in [-0.3, -0.25) is 4.68 Å². The minimum Gasteiger partial charge on any atom is -0.479 e. The van der Waals surface area contributed by atoms with Crippen molar-refractivity contribution in [2.45, 2.75) is 0 Å². The zero-order valence-corrected chi connectivity index (χ0v) is 7.42. The second kappa shape index (κ2) is 2.55. The second-order valence-electron chi connectivity index (χ2n) is 1.66. The summed E-state index contributed by atoms with van der Waals surface area (Å²) in [6.07, 6.45) is 1.90. The van der Waals surface area contributed by atoms with E-state index in [1.807, 2.05) is 13.2 Å². The van der Waals surface area contributed by atoms with Crippen molar-refractivity contribution in [3.05, 3.63) is 9.77 Å². The van der Waals surface area contributed by atoms with Gasteiger partial charge in [-0.15, -0.1) is 5.10 Å². The third kappa shape index (κ3) is 1.35. The highest BCUT2D eigenvalue weighted by atomic mass is 127. The van der Waals surface area contributed by atoms with Crippen molar-refractivity contribution >= 4 is 22.6 Å². The van der Waals surface area contributed by atoms with E-state index in [1.54, 1.807) is 11.8 Å². The van der Waals surface area contributed by atoms with E-state index in [4.69, 9.17) is 4.74 Å². The number of hydrogen-bond acceptors (Lipinski definition) is 2. The van der Waals surface area contributed by atoms with E-state index in [0.717, 1.165) is 3.57 Å². The van der Waals surface area contributed by atoms with Crippen LogP contribution in [-0.4, -0.2) is 16.9 Å². The van der Waals surface area contributed by atoms with Crippen LogP contribution in [0.15, 0.2) is 6.20 Å². The first-order valence-corrected chi connectivity index (χ1v) is 3.55. The molecule has 0 aliphatic heterocycles. The van der Waals surface area contributed by atoms with Crippen molar-refractivity contribution in [2.75, 3.05) is 7.11 Å². The predicted octanol–water partition coefficient (Wildman–Crippen LogP) is 1.03. The van der Waals surface area contributed by atoms with Crippen molar-refractivity contribution in [1.82, 2.24) is 9.78 Å². The van der Waals surface area contributed by atoms with E-state index < -0.39 is 0 Å². The molecule has 0 bridgehead atoms. The van der Waals surface area contributed by atoms with Crippen LogP contribution >= 0.6 is 22.6 Å². The molecule has 1 heterocycles. The van der Waals surface area contributed by atoms with Crippen LogP contribution in [0.3, 0.4) is 0 Å².